The number of hydrogen-bond donors (Lipinski definition) is 3. The van der Waals surface area contributed by atoms with Crippen LogP contribution >= 0.6 is 34.5 Å². The molecule has 2 rings (SSSR count). The van der Waals surface area contributed by atoms with Crippen LogP contribution in [0.25, 0.3) is 0 Å². The molecule has 2 aromatic rings. The van der Waals surface area contributed by atoms with Crippen LogP contribution in [-0.4, -0.2) is 24.2 Å². The molecule has 23 heavy (non-hydrogen) atoms. The van der Waals surface area contributed by atoms with Crippen LogP contribution in [0.2, 0.25) is 10.0 Å². The molecule has 0 aliphatic rings. The molecular formula is C16H19Cl2N3OS. The number of aliphatic imine (C=N–C) groups is 1. The summed E-state index contributed by atoms with van der Waals surface area (Å²) >= 11 is 13.6. The second-order valence-electron chi connectivity index (χ2n) is 4.87. The van der Waals surface area contributed by atoms with Gasteiger partial charge in [-0.3, -0.25) is 0 Å². The molecule has 0 spiro atoms. The van der Waals surface area contributed by atoms with Gasteiger partial charge in [-0.2, -0.15) is 0 Å². The third-order valence-electron chi connectivity index (χ3n) is 3.05. The maximum Gasteiger partial charge on any atom is 0.191 e. The molecule has 0 saturated heterocycles. The zero-order valence-electron chi connectivity index (χ0n) is 12.7. The van der Waals surface area contributed by atoms with E-state index in [-0.39, 0.29) is 0 Å². The molecule has 0 saturated carbocycles. The summed E-state index contributed by atoms with van der Waals surface area (Å²) in [5, 5.41) is 19.6. The van der Waals surface area contributed by atoms with E-state index in [0.29, 0.717) is 34.7 Å². The van der Waals surface area contributed by atoms with E-state index < -0.39 is 6.10 Å². The summed E-state index contributed by atoms with van der Waals surface area (Å²) in [5.41, 5.74) is 0.670. The molecule has 1 aromatic carbocycles. The summed E-state index contributed by atoms with van der Waals surface area (Å²) in [7, 11) is 0. The largest absolute Gasteiger partial charge is 0.387 e. The van der Waals surface area contributed by atoms with Gasteiger partial charge in [0, 0.05) is 28.0 Å². The first-order chi connectivity index (χ1) is 11.1. The molecule has 1 atom stereocenters. The Balaban J connectivity index is 1.95. The second-order valence-corrected chi connectivity index (χ2v) is 6.78. The molecule has 3 N–H and O–H groups in total. The zero-order valence-corrected chi connectivity index (χ0v) is 15.0. The van der Waals surface area contributed by atoms with Gasteiger partial charge in [0.15, 0.2) is 5.96 Å². The van der Waals surface area contributed by atoms with Crippen molar-refractivity contribution < 1.29 is 5.11 Å². The maximum absolute atomic E-state index is 10.3. The van der Waals surface area contributed by atoms with E-state index in [1.807, 2.05) is 24.4 Å². The summed E-state index contributed by atoms with van der Waals surface area (Å²) < 4.78 is 0. The lowest BCUT2D eigenvalue weighted by Crippen LogP contribution is -2.39. The molecule has 0 aliphatic carbocycles. The minimum Gasteiger partial charge on any atom is -0.387 e. The Morgan fingerprint density at radius 2 is 2.00 bits per heavy atom. The highest BCUT2D eigenvalue weighted by atomic mass is 35.5. The van der Waals surface area contributed by atoms with Gasteiger partial charge in [-0.25, -0.2) is 4.99 Å². The number of benzene rings is 1. The molecule has 0 aliphatic heterocycles. The Morgan fingerprint density at radius 3 is 2.61 bits per heavy atom. The minimum atomic E-state index is -0.725. The standard InChI is InChI=1S/C16H19Cl2N3OS/c1-2-19-16(20-9-14-4-3-5-23-14)21-10-15(22)11-6-12(17)8-13(18)7-11/h3-8,15,22H,2,9-10H2,1H3,(H2,19,20,21). The monoisotopic (exact) mass is 371 g/mol. The van der Waals surface area contributed by atoms with Gasteiger partial charge in [0.25, 0.3) is 0 Å². The van der Waals surface area contributed by atoms with Gasteiger partial charge in [-0.15, -0.1) is 11.3 Å². The lowest BCUT2D eigenvalue weighted by Gasteiger charge is -2.16. The Bertz CT molecular complexity index is 627. The third-order valence-corrected chi connectivity index (χ3v) is 4.35. The maximum atomic E-state index is 10.3. The number of halogens is 2. The summed E-state index contributed by atoms with van der Waals surface area (Å²) in [4.78, 5) is 5.68. The van der Waals surface area contributed by atoms with Gasteiger partial charge in [-0.05, 0) is 42.1 Å². The van der Waals surface area contributed by atoms with Crippen molar-refractivity contribution in [1.82, 2.24) is 10.6 Å². The van der Waals surface area contributed by atoms with Gasteiger partial charge in [-0.1, -0.05) is 29.3 Å². The van der Waals surface area contributed by atoms with Gasteiger partial charge in [0.05, 0.1) is 12.6 Å². The average molecular weight is 372 g/mol. The lowest BCUT2D eigenvalue weighted by molar-refractivity contribution is 0.181. The highest BCUT2D eigenvalue weighted by Gasteiger charge is 2.10. The molecule has 0 bridgehead atoms. The van der Waals surface area contributed by atoms with Crippen LogP contribution in [-0.2, 0) is 6.54 Å². The Kier molecular flexibility index (Phi) is 7.17. The second kappa shape index (κ2) is 9.13. The van der Waals surface area contributed by atoms with Crippen LogP contribution in [0.5, 0.6) is 0 Å². The van der Waals surface area contributed by atoms with E-state index in [2.05, 4.69) is 15.6 Å². The van der Waals surface area contributed by atoms with E-state index in [1.165, 1.54) is 4.88 Å². The van der Waals surface area contributed by atoms with Crippen LogP contribution in [0, 0.1) is 0 Å². The summed E-state index contributed by atoms with van der Waals surface area (Å²) in [6, 6.07) is 9.09. The molecule has 1 unspecified atom stereocenters. The number of aliphatic hydroxyl groups excluding tert-OH is 1. The average Bonchev–Trinajstić information content (AvgIpc) is 3.02. The predicted molar refractivity (Wildman–Crippen MR) is 98.6 cm³/mol. The fourth-order valence-corrected chi connectivity index (χ4v) is 3.15. The lowest BCUT2D eigenvalue weighted by atomic mass is 10.1. The molecule has 124 valence electrons. The van der Waals surface area contributed by atoms with E-state index in [1.54, 1.807) is 29.5 Å². The van der Waals surface area contributed by atoms with Crippen molar-refractivity contribution in [2.45, 2.75) is 19.6 Å². The zero-order chi connectivity index (χ0) is 16.7. The van der Waals surface area contributed by atoms with Crippen molar-refractivity contribution in [2.24, 2.45) is 4.99 Å². The van der Waals surface area contributed by atoms with E-state index in [9.17, 15) is 5.11 Å². The topological polar surface area (TPSA) is 56.7 Å². The summed E-state index contributed by atoms with van der Waals surface area (Å²) in [6.45, 7) is 3.66. The molecule has 7 heteroatoms. The third kappa shape index (κ3) is 6.03. The molecule has 1 heterocycles. The van der Waals surface area contributed by atoms with Gasteiger partial charge in [0.2, 0.25) is 0 Å². The molecule has 0 amide bonds. The number of guanidine groups is 1. The summed E-state index contributed by atoms with van der Waals surface area (Å²) in [5.74, 6) is 0.660. The van der Waals surface area contributed by atoms with Crippen LogP contribution in [0.3, 0.4) is 0 Å². The minimum absolute atomic E-state index is 0.312. The highest BCUT2D eigenvalue weighted by Crippen LogP contribution is 2.23. The molecule has 0 fully saturated rings. The quantitative estimate of drug-likeness (QED) is 0.533. The fourth-order valence-electron chi connectivity index (χ4n) is 1.98. The fraction of sp³-hybridized carbons (Fsp3) is 0.312. The first-order valence-corrected chi connectivity index (χ1v) is 8.90. The molecular weight excluding hydrogens is 353 g/mol. The van der Waals surface area contributed by atoms with Gasteiger partial charge >= 0.3 is 0 Å². The smallest absolute Gasteiger partial charge is 0.191 e. The van der Waals surface area contributed by atoms with Gasteiger partial charge < -0.3 is 15.7 Å². The van der Waals surface area contributed by atoms with Crippen molar-refractivity contribution in [3.8, 4) is 0 Å². The molecule has 0 radical (unpaired) electrons. The normalized spacial score (nSPS) is 13.0. The highest BCUT2D eigenvalue weighted by molar-refractivity contribution is 7.09. The first kappa shape index (κ1) is 18.1. The van der Waals surface area contributed by atoms with Crippen LogP contribution < -0.4 is 10.6 Å². The van der Waals surface area contributed by atoms with Crippen molar-refractivity contribution in [3.63, 3.8) is 0 Å². The number of nitrogens with one attached hydrogen (secondary N) is 2. The van der Waals surface area contributed by atoms with Crippen LogP contribution in [0.1, 0.15) is 23.5 Å². The number of rotatable bonds is 6. The van der Waals surface area contributed by atoms with Crippen molar-refractivity contribution in [3.05, 3.63) is 56.2 Å². The Hall–Kier alpha value is -1.27. The van der Waals surface area contributed by atoms with Crippen molar-refractivity contribution in [1.29, 1.82) is 0 Å². The van der Waals surface area contributed by atoms with Crippen molar-refractivity contribution >= 4 is 40.5 Å². The number of thiophene rings is 1. The van der Waals surface area contributed by atoms with E-state index >= 15 is 0 Å². The number of aliphatic hydroxyl groups is 1. The SMILES string of the molecule is CCNC(=NCc1cccs1)NCC(O)c1cc(Cl)cc(Cl)c1. The Labute approximate surface area is 150 Å². The molecule has 1 aromatic heterocycles. The van der Waals surface area contributed by atoms with Crippen LogP contribution in [0.4, 0.5) is 0 Å². The van der Waals surface area contributed by atoms with Gasteiger partial charge in [0.1, 0.15) is 0 Å². The number of hydrogen-bond acceptors (Lipinski definition) is 3. The summed E-state index contributed by atoms with van der Waals surface area (Å²) in [6.07, 6.45) is -0.725. The van der Waals surface area contributed by atoms with Crippen molar-refractivity contribution in [2.75, 3.05) is 13.1 Å². The predicted octanol–water partition coefficient (Wildman–Crippen LogP) is 3.84. The van der Waals surface area contributed by atoms with E-state index in [4.69, 9.17) is 23.2 Å². The number of nitrogens with zero attached hydrogens (tertiary/aromatic N) is 1. The first-order valence-electron chi connectivity index (χ1n) is 7.27. The van der Waals surface area contributed by atoms with E-state index in [0.717, 1.165) is 6.54 Å². The van der Waals surface area contributed by atoms with Crippen LogP contribution in [0.15, 0.2) is 40.7 Å². The Morgan fingerprint density at radius 1 is 1.26 bits per heavy atom. The molecule has 4 nitrogen and oxygen atoms in total.